The first-order valence-electron chi connectivity index (χ1n) is 9.67. The number of carbonyl (C=O) groups excluding carboxylic acids is 2. The van der Waals surface area contributed by atoms with Crippen LogP contribution in [-0.2, 0) is 11.3 Å². The van der Waals surface area contributed by atoms with Gasteiger partial charge in [0.25, 0.3) is 16.8 Å². The summed E-state index contributed by atoms with van der Waals surface area (Å²) < 4.78 is 16.9. The monoisotopic (exact) mass is 562 g/mol. The van der Waals surface area contributed by atoms with Gasteiger partial charge in [0.1, 0.15) is 11.5 Å². The average molecular weight is 564 g/mol. The van der Waals surface area contributed by atoms with E-state index in [4.69, 9.17) is 25.5 Å². The zero-order valence-corrected chi connectivity index (χ0v) is 20.1. The van der Waals surface area contributed by atoms with Gasteiger partial charge in [0.15, 0.2) is 11.5 Å². The van der Waals surface area contributed by atoms with Crippen molar-refractivity contribution >= 4 is 62.2 Å². The van der Waals surface area contributed by atoms with Crippen LogP contribution in [0.3, 0.4) is 0 Å². The second kappa shape index (κ2) is 8.82. The second-order valence-electron chi connectivity index (χ2n) is 7.19. The molecular weight excluding hydrogens is 552 g/mol. The van der Waals surface area contributed by atoms with Crippen molar-refractivity contribution < 1.29 is 28.4 Å². The van der Waals surface area contributed by atoms with Crippen molar-refractivity contribution in [2.45, 2.75) is 6.54 Å². The lowest BCUT2D eigenvalue weighted by atomic mass is 10.1. The molecule has 0 N–H and O–H groups in total. The van der Waals surface area contributed by atoms with E-state index in [2.05, 4.69) is 15.9 Å². The van der Waals surface area contributed by atoms with Crippen LogP contribution in [0.5, 0.6) is 11.5 Å². The van der Waals surface area contributed by atoms with Gasteiger partial charge in [-0.3, -0.25) is 24.6 Å². The third kappa shape index (κ3) is 4.17. The molecule has 0 unspecified atom stereocenters. The van der Waals surface area contributed by atoms with E-state index in [-0.39, 0.29) is 23.9 Å². The van der Waals surface area contributed by atoms with E-state index >= 15 is 0 Å². The van der Waals surface area contributed by atoms with Crippen molar-refractivity contribution in [1.82, 2.24) is 4.90 Å². The molecule has 34 heavy (non-hydrogen) atoms. The number of nitrogens with zero attached hydrogens (tertiary/aromatic N) is 2. The molecule has 0 spiro atoms. The Hall–Kier alpha value is -3.28. The fraction of sp³-hybridized carbons (Fsp3) is 0.0909. The summed E-state index contributed by atoms with van der Waals surface area (Å²) in [6.45, 7) is 0.0671. The summed E-state index contributed by atoms with van der Waals surface area (Å²) in [6, 6.07) is 10.9. The molecule has 3 aromatic rings. The number of carbonyl (C=O) groups is 2. The first-order chi connectivity index (χ1) is 16.3. The summed E-state index contributed by atoms with van der Waals surface area (Å²) in [5.74, 6) is 1.34. The predicted octanol–water partition coefficient (Wildman–Crippen LogP) is 6.24. The van der Waals surface area contributed by atoms with Gasteiger partial charge in [-0.15, -0.1) is 0 Å². The number of non-ortho nitro benzene ring substituents is 1. The van der Waals surface area contributed by atoms with E-state index in [0.717, 1.165) is 16.7 Å². The van der Waals surface area contributed by atoms with Gasteiger partial charge in [0.2, 0.25) is 6.79 Å². The van der Waals surface area contributed by atoms with E-state index < -0.39 is 16.1 Å². The molecular formula is C22H12BrClN2O7S. The van der Waals surface area contributed by atoms with Gasteiger partial charge in [0, 0.05) is 39.3 Å². The van der Waals surface area contributed by atoms with Gasteiger partial charge in [-0.1, -0.05) is 11.6 Å². The fourth-order valence-electron chi connectivity index (χ4n) is 3.41. The first kappa shape index (κ1) is 22.5. The number of thioether (sulfide) groups is 1. The smallest absolute Gasteiger partial charge is 0.293 e. The van der Waals surface area contributed by atoms with Crippen LogP contribution in [0.25, 0.3) is 17.4 Å². The van der Waals surface area contributed by atoms with Crippen molar-refractivity contribution in [3.05, 3.63) is 78.3 Å². The Bertz CT molecular complexity index is 1400. The molecule has 0 bridgehead atoms. The number of hydrogen-bond acceptors (Lipinski definition) is 8. The minimum Gasteiger partial charge on any atom is -0.457 e. The minimum atomic E-state index is -0.491. The summed E-state index contributed by atoms with van der Waals surface area (Å²) in [7, 11) is 0. The molecule has 0 atom stereocenters. The lowest BCUT2D eigenvalue weighted by Gasteiger charge is -2.14. The van der Waals surface area contributed by atoms with Crippen LogP contribution in [0.4, 0.5) is 10.5 Å². The molecule has 0 saturated carbocycles. The molecule has 5 rings (SSSR count). The molecule has 3 heterocycles. The van der Waals surface area contributed by atoms with Gasteiger partial charge in [-0.05, 0) is 57.5 Å². The molecule has 0 radical (unpaired) electrons. The normalized spacial score (nSPS) is 16.1. The summed E-state index contributed by atoms with van der Waals surface area (Å²) in [6.07, 6.45) is 1.48. The number of halogens is 2. The fourth-order valence-corrected chi connectivity index (χ4v) is 5.00. The highest BCUT2D eigenvalue weighted by Crippen LogP contribution is 2.40. The molecule has 172 valence electrons. The van der Waals surface area contributed by atoms with E-state index in [1.54, 1.807) is 30.3 Å². The Morgan fingerprint density at radius 3 is 2.65 bits per heavy atom. The molecule has 1 saturated heterocycles. The average Bonchev–Trinajstić information content (AvgIpc) is 3.50. The highest BCUT2D eigenvalue weighted by molar-refractivity contribution is 9.10. The third-order valence-electron chi connectivity index (χ3n) is 5.07. The maximum absolute atomic E-state index is 12.9. The zero-order valence-electron chi connectivity index (χ0n) is 16.9. The molecule has 2 aliphatic rings. The predicted molar refractivity (Wildman–Crippen MR) is 128 cm³/mol. The number of ether oxygens (including phenoxy) is 2. The second-order valence-corrected chi connectivity index (χ2v) is 9.44. The van der Waals surface area contributed by atoms with Crippen LogP contribution in [-0.4, -0.2) is 27.8 Å². The number of nitro benzene ring substituents is 1. The first-order valence-corrected chi connectivity index (χ1v) is 11.7. The number of rotatable bonds is 5. The highest BCUT2D eigenvalue weighted by atomic mass is 79.9. The molecule has 2 amide bonds. The van der Waals surface area contributed by atoms with Crippen LogP contribution >= 0.6 is 39.3 Å². The van der Waals surface area contributed by atoms with Crippen molar-refractivity contribution in [1.29, 1.82) is 0 Å². The Labute approximate surface area is 209 Å². The third-order valence-corrected chi connectivity index (χ3v) is 6.99. The highest BCUT2D eigenvalue weighted by Gasteiger charge is 2.36. The van der Waals surface area contributed by atoms with Crippen LogP contribution in [0.15, 0.2) is 56.3 Å². The van der Waals surface area contributed by atoms with Crippen molar-refractivity contribution in [2.75, 3.05) is 6.79 Å². The van der Waals surface area contributed by atoms with Gasteiger partial charge in [0.05, 0.1) is 16.4 Å². The van der Waals surface area contributed by atoms with Gasteiger partial charge >= 0.3 is 0 Å². The summed E-state index contributed by atoms with van der Waals surface area (Å²) >= 11 is 10.4. The standard InChI is InChI=1S/C22H12BrClN2O7S/c23-15-6-12(26(29)30)1-3-14(15)17-4-2-13(33-17)7-20-21(27)25(22(28)34-20)9-11-5-18-19(8-16(11)24)32-10-31-18/h1-8H,9-10H2/b20-7+. The van der Waals surface area contributed by atoms with Crippen LogP contribution in [0.2, 0.25) is 5.02 Å². The molecule has 0 aliphatic carbocycles. The number of hydrogen-bond donors (Lipinski definition) is 0. The Morgan fingerprint density at radius 1 is 1.15 bits per heavy atom. The zero-order chi connectivity index (χ0) is 24.0. The SMILES string of the molecule is O=C1S/C(=C/c2ccc(-c3ccc([N+](=O)[O-])cc3Br)o2)C(=O)N1Cc1cc2c(cc1Cl)OCO2. The minimum absolute atomic E-state index is 0.0172. The molecule has 1 fully saturated rings. The van der Waals surface area contributed by atoms with Gasteiger partial charge in [-0.2, -0.15) is 0 Å². The van der Waals surface area contributed by atoms with E-state index in [9.17, 15) is 19.7 Å². The number of benzene rings is 2. The van der Waals surface area contributed by atoms with Crippen molar-refractivity contribution in [2.24, 2.45) is 0 Å². The number of amides is 2. The summed E-state index contributed by atoms with van der Waals surface area (Å²) in [5.41, 5.74) is 1.10. The largest absolute Gasteiger partial charge is 0.457 e. The number of nitro groups is 1. The summed E-state index contributed by atoms with van der Waals surface area (Å²) in [4.78, 5) is 37.2. The van der Waals surface area contributed by atoms with Gasteiger partial charge < -0.3 is 13.9 Å². The van der Waals surface area contributed by atoms with Crippen LogP contribution in [0.1, 0.15) is 11.3 Å². The maximum Gasteiger partial charge on any atom is 0.293 e. The molecule has 1 aromatic heterocycles. The Morgan fingerprint density at radius 2 is 1.91 bits per heavy atom. The number of furan rings is 1. The van der Waals surface area contributed by atoms with Gasteiger partial charge in [-0.25, -0.2) is 0 Å². The van der Waals surface area contributed by atoms with E-state index in [1.807, 2.05) is 0 Å². The van der Waals surface area contributed by atoms with Crippen molar-refractivity contribution in [3.8, 4) is 22.8 Å². The van der Waals surface area contributed by atoms with Crippen LogP contribution < -0.4 is 9.47 Å². The van der Waals surface area contributed by atoms with E-state index in [0.29, 0.717) is 43.6 Å². The quantitative estimate of drug-likeness (QED) is 0.204. The van der Waals surface area contributed by atoms with E-state index in [1.165, 1.54) is 18.2 Å². The molecule has 12 heteroatoms. The molecule has 2 aliphatic heterocycles. The van der Waals surface area contributed by atoms with Crippen LogP contribution in [0, 0.1) is 10.1 Å². The molecule has 2 aromatic carbocycles. The molecule has 9 nitrogen and oxygen atoms in total. The maximum atomic E-state index is 12.9. The Balaban J connectivity index is 1.36. The number of fused-ring (bicyclic) bond motifs is 1. The number of imide groups is 1. The lowest BCUT2D eigenvalue weighted by molar-refractivity contribution is -0.384. The Kier molecular flexibility index (Phi) is 5.84. The lowest BCUT2D eigenvalue weighted by Crippen LogP contribution is -2.27. The topological polar surface area (TPSA) is 112 Å². The summed E-state index contributed by atoms with van der Waals surface area (Å²) in [5, 5.41) is 10.9. The van der Waals surface area contributed by atoms with Crippen molar-refractivity contribution in [3.63, 3.8) is 0 Å².